The van der Waals surface area contributed by atoms with Crippen molar-refractivity contribution in [2.24, 2.45) is 5.16 Å². The number of nitro benzene ring substituents is 1. The van der Waals surface area contributed by atoms with Crippen LogP contribution in [0.3, 0.4) is 0 Å². The van der Waals surface area contributed by atoms with E-state index in [4.69, 9.17) is 9.36 Å². The molecule has 0 spiro atoms. The first-order valence-corrected chi connectivity index (χ1v) is 6.53. The van der Waals surface area contributed by atoms with Gasteiger partial charge in [0.15, 0.2) is 0 Å². The molecule has 1 aliphatic rings. The summed E-state index contributed by atoms with van der Waals surface area (Å²) in [5.74, 6) is 0.721. The first kappa shape index (κ1) is 14.0. The summed E-state index contributed by atoms with van der Waals surface area (Å²) >= 11 is 0. The minimum absolute atomic E-state index is 0.00925. The molecule has 0 fully saturated rings. The largest absolute Gasteiger partial charge is 0.382 e. The highest BCUT2D eigenvalue weighted by atomic mass is 16.7. The summed E-state index contributed by atoms with van der Waals surface area (Å²) in [7, 11) is 3.58. The first-order valence-electron chi connectivity index (χ1n) is 6.53. The Kier molecular flexibility index (Phi) is 3.45. The van der Waals surface area contributed by atoms with Gasteiger partial charge in [-0.15, -0.1) is 0 Å². The molecule has 3 rings (SSSR count). The molecule has 0 saturated carbocycles. The summed E-state index contributed by atoms with van der Waals surface area (Å²) in [6, 6.07) is 6.40. The zero-order chi connectivity index (χ0) is 15.7. The van der Waals surface area contributed by atoms with E-state index in [1.54, 1.807) is 37.2 Å². The summed E-state index contributed by atoms with van der Waals surface area (Å²) in [5, 5.41) is 18.8. The van der Waals surface area contributed by atoms with Gasteiger partial charge < -0.3 is 14.3 Å². The van der Waals surface area contributed by atoms with E-state index in [-0.39, 0.29) is 5.69 Å². The van der Waals surface area contributed by atoms with E-state index < -0.39 is 11.0 Å². The lowest BCUT2D eigenvalue weighted by Crippen LogP contribution is -2.10. The second-order valence-corrected chi connectivity index (χ2v) is 4.94. The van der Waals surface area contributed by atoms with Crippen LogP contribution in [0.25, 0.3) is 0 Å². The zero-order valence-corrected chi connectivity index (χ0v) is 12.0. The third-order valence-corrected chi connectivity index (χ3v) is 3.19. The number of hydrogen-bond donors (Lipinski definition) is 0. The van der Waals surface area contributed by atoms with Crippen LogP contribution in [0.5, 0.6) is 0 Å². The van der Waals surface area contributed by atoms with Crippen LogP contribution in [0, 0.1) is 10.1 Å². The highest BCUT2D eigenvalue weighted by molar-refractivity contribution is 6.04. The molecular formula is C13H13N5O4. The Morgan fingerprint density at radius 2 is 2.14 bits per heavy atom. The number of rotatable bonds is 4. The molecule has 1 aromatic heterocycles. The van der Waals surface area contributed by atoms with E-state index in [1.165, 1.54) is 6.07 Å². The van der Waals surface area contributed by atoms with Crippen LogP contribution in [-0.2, 0) is 4.84 Å². The van der Waals surface area contributed by atoms with Crippen LogP contribution in [-0.4, -0.2) is 34.9 Å². The Balaban J connectivity index is 1.81. The molecule has 0 radical (unpaired) electrons. The molecule has 114 valence electrons. The fourth-order valence-electron chi connectivity index (χ4n) is 2.09. The van der Waals surface area contributed by atoms with Crippen molar-refractivity contribution in [1.29, 1.82) is 0 Å². The Morgan fingerprint density at radius 3 is 2.82 bits per heavy atom. The maximum atomic E-state index is 11.1. The lowest BCUT2D eigenvalue weighted by atomic mass is 10.0. The molecule has 9 heteroatoms. The number of para-hydroxylation sites is 1. The summed E-state index contributed by atoms with van der Waals surface area (Å²) in [5.41, 5.74) is 0.911. The van der Waals surface area contributed by atoms with Crippen LogP contribution in [0.4, 0.5) is 11.6 Å². The van der Waals surface area contributed by atoms with Crippen molar-refractivity contribution in [3.05, 3.63) is 45.8 Å². The van der Waals surface area contributed by atoms with Gasteiger partial charge in [-0.2, -0.15) is 4.98 Å². The molecule has 9 nitrogen and oxygen atoms in total. The van der Waals surface area contributed by atoms with Crippen LogP contribution in [0.1, 0.15) is 24.0 Å². The van der Waals surface area contributed by atoms with Crippen molar-refractivity contribution in [2.45, 2.75) is 12.5 Å². The number of aromatic nitrogens is 2. The molecular weight excluding hydrogens is 290 g/mol. The van der Waals surface area contributed by atoms with E-state index in [1.807, 2.05) is 0 Å². The maximum Gasteiger partial charge on any atom is 0.278 e. The van der Waals surface area contributed by atoms with Gasteiger partial charge in [-0.1, -0.05) is 17.3 Å². The normalized spacial score (nSPS) is 17.0. The topological polar surface area (TPSA) is 107 Å². The third kappa shape index (κ3) is 2.48. The quantitative estimate of drug-likeness (QED) is 0.627. The summed E-state index contributed by atoms with van der Waals surface area (Å²) in [6.45, 7) is 0. The predicted octanol–water partition coefficient (Wildman–Crippen LogP) is 1.91. The van der Waals surface area contributed by atoms with Gasteiger partial charge in [0.2, 0.25) is 6.10 Å². The monoisotopic (exact) mass is 303 g/mol. The SMILES string of the molecule is CN(C)c1noc([C@H]2CC(c3ccccc3[N+](=O)[O-])=NO2)n1. The van der Waals surface area contributed by atoms with Gasteiger partial charge in [0.25, 0.3) is 17.5 Å². The summed E-state index contributed by atoms with van der Waals surface area (Å²) in [4.78, 5) is 21.8. The van der Waals surface area contributed by atoms with Gasteiger partial charge in [0.05, 0.1) is 16.2 Å². The Hall–Kier alpha value is -2.97. The van der Waals surface area contributed by atoms with E-state index in [9.17, 15) is 10.1 Å². The fourth-order valence-corrected chi connectivity index (χ4v) is 2.09. The van der Waals surface area contributed by atoms with Gasteiger partial charge in [-0.25, -0.2) is 0 Å². The predicted molar refractivity (Wildman–Crippen MR) is 76.7 cm³/mol. The average molecular weight is 303 g/mol. The molecule has 1 aromatic carbocycles. The van der Waals surface area contributed by atoms with Gasteiger partial charge in [-0.3, -0.25) is 10.1 Å². The van der Waals surface area contributed by atoms with Crippen LogP contribution in [0.15, 0.2) is 33.9 Å². The Morgan fingerprint density at radius 1 is 1.36 bits per heavy atom. The van der Waals surface area contributed by atoms with Gasteiger partial charge in [-0.05, 0) is 11.2 Å². The van der Waals surface area contributed by atoms with Crippen molar-refractivity contribution in [3.8, 4) is 0 Å². The fraction of sp³-hybridized carbons (Fsp3) is 0.308. The Labute approximate surface area is 125 Å². The Bertz CT molecular complexity index is 740. The molecule has 0 amide bonds. The molecule has 1 atom stereocenters. The van der Waals surface area contributed by atoms with Crippen LogP contribution < -0.4 is 4.90 Å². The average Bonchev–Trinajstić information content (AvgIpc) is 3.16. The second-order valence-electron chi connectivity index (χ2n) is 4.94. The number of hydrogen-bond acceptors (Lipinski definition) is 8. The zero-order valence-electron chi connectivity index (χ0n) is 12.0. The molecule has 2 heterocycles. The minimum Gasteiger partial charge on any atom is -0.382 e. The molecule has 0 N–H and O–H groups in total. The summed E-state index contributed by atoms with van der Waals surface area (Å²) < 4.78 is 5.14. The van der Waals surface area contributed by atoms with Crippen molar-refractivity contribution in [3.63, 3.8) is 0 Å². The van der Waals surface area contributed by atoms with Crippen molar-refractivity contribution in [2.75, 3.05) is 19.0 Å². The number of anilines is 1. The molecule has 0 unspecified atom stereocenters. The first-order chi connectivity index (χ1) is 10.6. The smallest absolute Gasteiger partial charge is 0.278 e. The van der Waals surface area contributed by atoms with E-state index in [2.05, 4.69) is 15.3 Å². The number of nitrogens with zero attached hydrogens (tertiary/aromatic N) is 5. The van der Waals surface area contributed by atoms with E-state index in [0.717, 1.165) is 0 Å². The van der Waals surface area contributed by atoms with E-state index in [0.29, 0.717) is 29.5 Å². The molecule has 1 aliphatic heterocycles. The highest BCUT2D eigenvalue weighted by Crippen LogP contribution is 2.31. The standard InChI is InChI=1S/C13H13N5O4/c1-17(2)13-14-12(22-16-13)11-7-9(15-21-11)8-5-3-4-6-10(8)18(19)20/h3-6,11H,7H2,1-2H3/t11-/m1/s1. The highest BCUT2D eigenvalue weighted by Gasteiger charge is 2.32. The lowest BCUT2D eigenvalue weighted by Gasteiger charge is -2.03. The number of oxime groups is 1. The van der Waals surface area contributed by atoms with Gasteiger partial charge in [0.1, 0.15) is 0 Å². The summed E-state index contributed by atoms with van der Waals surface area (Å²) in [6.07, 6.45) is -0.198. The van der Waals surface area contributed by atoms with Crippen molar-refractivity contribution in [1.82, 2.24) is 10.1 Å². The minimum atomic E-state index is -0.531. The van der Waals surface area contributed by atoms with Crippen molar-refractivity contribution < 1.29 is 14.3 Å². The van der Waals surface area contributed by atoms with Crippen LogP contribution in [0.2, 0.25) is 0 Å². The third-order valence-electron chi connectivity index (χ3n) is 3.19. The number of benzene rings is 1. The molecule has 22 heavy (non-hydrogen) atoms. The van der Waals surface area contributed by atoms with Gasteiger partial charge >= 0.3 is 0 Å². The second kappa shape index (κ2) is 5.43. The molecule has 0 bridgehead atoms. The molecule has 0 saturated heterocycles. The van der Waals surface area contributed by atoms with E-state index >= 15 is 0 Å². The number of nitro groups is 1. The maximum absolute atomic E-state index is 11.1. The van der Waals surface area contributed by atoms with Gasteiger partial charge in [0, 0.05) is 26.6 Å². The lowest BCUT2D eigenvalue weighted by molar-refractivity contribution is -0.385. The van der Waals surface area contributed by atoms with Crippen molar-refractivity contribution >= 4 is 17.3 Å². The molecule has 0 aliphatic carbocycles. The molecule has 2 aromatic rings. The van der Waals surface area contributed by atoms with Crippen LogP contribution >= 0.6 is 0 Å².